The Bertz CT molecular complexity index is 903. The van der Waals surface area contributed by atoms with Crippen LogP contribution in [0.15, 0.2) is 72.8 Å². The van der Waals surface area contributed by atoms with E-state index in [4.69, 9.17) is 4.74 Å². The van der Waals surface area contributed by atoms with E-state index >= 15 is 0 Å². The fourth-order valence-corrected chi connectivity index (χ4v) is 2.90. The topological polar surface area (TPSA) is 26.3 Å². The van der Waals surface area contributed by atoms with Crippen molar-refractivity contribution in [2.45, 2.75) is 26.2 Å². The number of ether oxygens (including phenoxy) is 1. The SMILES string of the molecule is CCC(C)c1ccccc1OC(=O)/C=C/c1cccc2ccccc12. The highest BCUT2D eigenvalue weighted by Crippen LogP contribution is 2.28. The van der Waals surface area contributed by atoms with E-state index in [9.17, 15) is 4.79 Å². The van der Waals surface area contributed by atoms with Gasteiger partial charge in [-0.15, -0.1) is 0 Å². The molecule has 0 fully saturated rings. The molecule has 0 saturated heterocycles. The Labute approximate surface area is 148 Å². The van der Waals surface area contributed by atoms with Crippen molar-refractivity contribution in [2.24, 2.45) is 0 Å². The van der Waals surface area contributed by atoms with E-state index in [0.29, 0.717) is 11.7 Å². The summed E-state index contributed by atoms with van der Waals surface area (Å²) in [6, 6.07) is 21.9. The fraction of sp³-hybridized carbons (Fsp3) is 0.174. The molecule has 1 unspecified atom stereocenters. The number of hydrogen-bond donors (Lipinski definition) is 0. The van der Waals surface area contributed by atoms with Gasteiger partial charge in [-0.05, 0) is 46.4 Å². The van der Waals surface area contributed by atoms with E-state index in [-0.39, 0.29) is 5.97 Å². The molecule has 0 radical (unpaired) electrons. The first-order valence-corrected chi connectivity index (χ1v) is 8.65. The quantitative estimate of drug-likeness (QED) is 0.327. The molecule has 0 spiro atoms. The molecule has 0 heterocycles. The van der Waals surface area contributed by atoms with E-state index in [0.717, 1.165) is 28.3 Å². The number of carbonyl (C=O) groups excluding carboxylic acids is 1. The molecule has 3 rings (SSSR count). The molecule has 0 bridgehead atoms. The predicted molar refractivity (Wildman–Crippen MR) is 104 cm³/mol. The van der Waals surface area contributed by atoms with Crippen molar-refractivity contribution in [3.05, 3.63) is 83.9 Å². The molecule has 2 nitrogen and oxygen atoms in total. The predicted octanol–water partition coefficient (Wildman–Crippen LogP) is 5.97. The zero-order valence-corrected chi connectivity index (χ0v) is 14.6. The highest BCUT2D eigenvalue weighted by molar-refractivity contribution is 5.95. The number of carbonyl (C=O) groups is 1. The van der Waals surface area contributed by atoms with Crippen molar-refractivity contribution in [2.75, 3.05) is 0 Å². The lowest BCUT2D eigenvalue weighted by molar-refractivity contribution is -0.128. The summed E-state index contributed by atoms with van der Waals surface area (Å²) in [6.45, 7) is 4.27. The Morgan fingerprint density at radius 1 is 1.00 bits per heavy atom. The summed E-state index contributed by atoms with van der Waals surface area (Å²) in [5.41, 5.74) is 2.07. The van der Waals surface area contributed by atoms with Gasteiger partial charge in [0.25, 0.3) is 0 Å². The average molecular weight is 330 g/mol. The molecule has 3 aromatic carbocycles. The van der Waals surface area contributed by atoms with Gasteiger partial charge in [0.1, 0.15) is 5.75 Å². The van der Waals surface area contributed by atoms with Crippen molar-refractivity contribution in [3.63, 3.8) is 0 Å². The molecule has 0 saturated carbocycles. The van der Waals surface area contributed by atoms with Crippen molar-refractivity contribution < 1.29 is 9.53 Å². The first kappa shape index (κ1) is 17.0. The van der Waals surface area contributed by atoms with Crippen LogP contribution < -0.4 is 4.74 Å². The van der Waals surface area contributed by atoms with Crippen LogP contribution in [0, 0.1) is 0 Å². The second-order valence-corrected chi connectivity index (χ2v) is 6.17. The van der Waals surface area contributed by atoms with Crippen LogP contribution in [0.2, 0.25) is 0 Å². The first-order valence-electron chi connectivity index (χ1n) is 8.65. The molecule has 3 aromatic rings. The van der Waals surface area contributed by atoms with Gasteiger partial charge in [0.2, 0.25) is 0 Å². The maximum Gasteiger partial charge on any atom is 0.336 e. The largest absolute Gasteiger partial charge is 0.423 e. The molecule has 25 heavy (non-hydrogen) atoms. The number of hydrogen-bond acceptors (Lipinski definition) is 2. The monoisotopic (exact) mass is 330 g/mol. The Morgan fingerprint density at radius 2 is 1.72 bits per heavy atom. The molecule has 2 heteroatoms. The lowest BCUT2D eigenvalue weighted by atomic mass is 9.98. The lowest BCUT2D eigenvalue weighted by Gasteiger charge is -2.13. The van der Waals surface area contributed by atoms with Crippen molar-refractivity contribution in [1.29, 1.82) is 0 Å². The van der Waals surface area contributed by atoms with Crippen molar-refractivity contribution in [1.82, 2.24) is 0 Å². The lowest BCUT2D eigenvalue weighted by Crippen LogP contribution is -2.07. The summed E-state index contributed by atoms with van der Waals surface area (Å²) < 4.78 is 5.58. The first-order chi connectivity index (χ1) is 12.2. The third kappa shape index (κ3) is 3.97. The summed E-state index contributed by atoms with van der Waals surface area (Å²) in [4.78, 5) is 12.3. The van der Waals surface area contributed by atoms with Crippen LogP contribution in [-0.2, 0) is 4.79 Å². The zero-order valence-electron chi connectivity index (χ0n) is 14.6. The van der Waals surface area contributed by atoms with Gasteiger partial charge < -0.3 is 4.74 Å². The van der Waals surface area contributed by atoms with E-state index in [1.165, 1.54) is 6.08 Å². The van der Waals surface area contributed by atoms with Gasteiger partial charge in [-0.25, -0.2) is 4.79 Å². The minimum atomic E-state index is -0.358. The molecular formula is C23H22O2. The second-order valence-electron chi connectivity index (χ2n) is 6.17. The summed E-state index contributed by atoms with van der Waals surface area (Å²) in [5, 5.41) is 2.27. The average Bonchev–Trinajstić information content (AvgIpc) is 2.66. The third-order valence-corrected chi connectivity index (χ3v) is 4.50. The van der Waals surface area contributed by atoms with Gasteiger partial charge in [-0.2, -0.15) is 0 Å². The van der Waals surface area contributed by atoms with Crippen molar-refractivity contribution in [3.8, 4) is 5.75 Å². The normalized spacial score (nSPS) is 12.4. The van der Waals surface area contributed by atoms with E-state index in [2.05, 4.69) is 32.0 Å². The van der Waals surface area contributed by atoms with Crippen LogP contribution in [0.4, 0.5) is 0 Å². The van der Waals surface area contributed by atoms with Crippen LogP contribution in [0.1, 0.15) is 37.3 Å². The fourth-order valence-electron chi connectivity index (χ4n) is 2.90. The van der Waals surface area contributed by atoms with Gasteiger partial charge in [0.15, 0.2) is 0 Å². The molecule has 0 aliphatic rings. The number of fused-ring (bicyclic) bond motifs is 1. The Kier molecular flexibility index (Phi) is 5.30. The Balaban J connectivity index is 1.80. The highest BCUT2D eigenvalue weighted by Gasteiger charge is 2.11. The molecule has 0 N–H and O–H groups in total. The van der Waals surface area contributed by atoms with E-state index in [1.54, 1.807) is 0 Å². The van der Waals surface area contributed by atoms with Gasteiger partial charge in [0.05, 0.1) is 0 Å². The number of rotatable bonds is 5. The third-order valence-electron chi connectivity index (χ3n) is 4.50. The summed E-state index contributed by atoms with van der Waals surface area (Å²) in [5.74, 6) is 0.638. The molecular weight excluding hydrogens is 308 g/mol. The molecule has 1 atom stereocenters. The van der Waals surface area contributed by atoms with E-state index < -0.39 is 0 Å². The standard InChI is InChI=1S/C23H22O2/c1-3-17(2)20-12-6-7-14-22(20)25-23(24)16-15-19-11-8-10-18-9-4-5-13-21(18)19/h4-17H,3H2,1-2H3/b16-15+. The zero-order chi connectivity index (χ0) is 17.6. The summed E-state index contributed by atoms with van der Waals surface area (Å²) in [7, 11) is 0. The minimum Gasteiger partial charge on any atom is -0.423 e. The maximum absolute atomic E-state index is 12.3. The van der Waals surface area contributed by atoms with Gasteiger partial charge in [-0.3, -0.25) is 0 Å². The Morgan fingerprint density at radius 3 is 2.56 bits per heavy atom. The van der Waals surface area contributed by atoms with Crippen LogP contribution in [0.25, 0.3) is 16.8 Å². The van der Waals surface area contributed by atoms with Gasteiger partial charge in [0, 0.05) is 6.08 Å². The summed E-state index contributed by atoms with van der Waals surface area (Å²) >= 11 is 0. The molecule has 0 aliphatic heterocycles. The van der Waals surface area contributed by atoms with Crippen LogP contribution in [0.3, 0.4) is 0 Å². The minimum absolute atomic E-state index is 0.353. The summed E-state index contributed by atoms with van der Waals surface area (Å²) in [6.07, 6.45) is 4.31. The molecule has 0 aromatic heterocycles. The van der Waals surface area contributed by atoms with Crippen LogP contribution in [0.5, 0.6) is 5.75 Å². The van der Waals surface area contributed by atoms with Crippen LogP contribution in [-0.4, -0.2) is 5.97 Å². The smallest absolute Gasteiger partial charge is 0.336 e. The Hall–Kier alpha value is -2.87. The van der Waals surface area contributed by atoms with Gasteiger partial charge >= 0.3 is 5.97 Å². The van der Waals surface area contributed by atoms with Gasteiger partial charge in [-0.1, -0.05) is 74.5 Å². The molecule has 0 aliphatic carbocycles. The maximum atomic E-state index is 12.3. The number of benzene rings is 3. The number of para-hydroxylation sites is 1. The van der Waals surface area contributed by atoms with E-state index in [1.807, 2.05) is 54.6 Å². The molecule has 0 amide bonds. The van der Waals surface area contributed by atoms with Crippen molar-refractivity contribution >= 4 is 22.8 Å². The molecule has 126 valence electrons. The highest BCUT2D eigenvalue weighted by atomic mass is 16.5. The second kappa shape index (κ2) is 7.80. The number of esters is 1. The van der Waals surface area contributed by atoms with Crippen LogP contribution >= 0.6 is 0 Å².